The number of hydrogen-bond acceptors (Lipinski definition) is 3. The van der Waals surface area contributed by atoms with E-state index in [4.69, 9.17) is 5.73 Å². The number of carboxylic acids is 1. The van der Waals surface area contributed by atoms with Crippen LogP contribution in [0.5, 0.6) is 0 Å². The van der Waals surface area contributed by atoms with E-state index >= 15 is 0 Å². The van der Waals surface area contributed by atoms with Gasteiger partial charge in [-0.1, -0.05) is 117 Å². The maximum Gasteiger partial charge on any atom is 0.331 e. The predicted octanol–water partition coefficient (Wildman–Crippen LogP) is 6.40. The van der Waals surface area contributed by atoms with Gasteiger partial charge in [-0.05, 0) is 6.42 Å². The molecule has 0 aliphatic carbocycles. The lowest BCUT2D eigenvalue weighted by Crippen LogP contribution is -2.54. The van der Waals surface area contributed by atoms with Gasteiger partial charge >= 0.3 is 5.97 Å². The highest BCUT2D eigenvalue weighted by Gasteiger charge is 2.39. The molecule has 0 saturated carbocycles. The summed E-state index contributed by atoms with van der Waals surface area (Å²) in [6, 6.07) is 0. The maximum absolute atomic E-state index is 11.8. The molecule has 0 spiro atoms. The first-order chi connectivity index (χ1) is 13.0. The first kappa shape index (κ1) is 26.1. The SMILES string of the molecule is CCCCCCCCCCCCCCCCCCC(N)(C(=O)O)C(=O)CC. The minimum absolute atomic E-state index is 0.182. The molecule has 0 aromatic carbocycles. The van der Waals surface area contributed by atoms with Gasteiger partial charge in [-0.2, -0.15) is 0 Å². The standard InChI is InChI=1S/C23H45NO3/c1-3-5-6-7-8-9-10-11-12-13-14-15-16-17-18-19-20-23(24,22(26)27)21(25)4-2/h3-20,24H2,1-2H3,(H,26,27). The number of rotatable bonds is 20. The van der Waals surface area contributed by atoms with Crippen LogP contribution >= 0.6 is 0 Å². The Hall–Kier alpha value is -0.900. The Morgan fingerprint density at radius 2 is 1.00 bits per heavy atom. The number of carbonyl (C=O) groups is 2. The van der Waals surface area contributed by atoms with E-state index in [1.54, 1.807) is 6.92 Å². The fourth-order valence-electron chi connectivity index (χ4n) is 3.63. The quantitative estimate of drug-likeness (QED) is 0.188. The van der Waals surface area contributed by atoms with Gasteiger partial charge in [0.05, 0.1) is 0 Å². The zero-order valence-corrected chi connectivity index (χ0v) is 18.1. The van der Waals surface area contributed by atoms with Crippen LogP contribution in [-0.4, -0.2) is 22.4 Å². The van der Waals surface area contributed by atoms with Crippen LogP contribution in [0.2, 0.25) is 0 Å². The van der Waals surface area contributed by atoms with Crippen molar-refractivity contribution < 1.29 is 14.7 Å². The molecule has 0 saturated heterocycles. The molecule has 160 valence electrons. The number of unbranched alkanes of at least 4 members (excludes halogenated alkanes) is 15. The van der Waals surface area contributed by atoms with Gasteiger partial charge in [0.2, 0.25) is 0 Å². The molecule has 27 heavy (non-hydrogen) atoms. The molecule has 0 amide bonds. The van der Waals surface area contributed by atoms with Crippen LogP contribution in [-0.2, 0) is 9.59 Å². The average molecular weight is 384 g/mol. The van der Waals surface area contributed by atoms with Crippen LogP contribution in [0.3, 0.4) is 0 Å². The molecule has 3 N–H and O–H groups in total. The van der Waals surface area contributed by atoms with Crippen molar-refractivity contribution in [2.45, 2.75) is 135 Å². The minimum atomic E-state index is -1.68. The zero-order valence-electron chi connectivity index (χ0n) is 18.1. The smallest absolute Gasteiger partial charge is 0.331 e. The summed E-state index contributed by atoms with van der Waals surface area (Å²) in [5.41, 5.74) is 4.13. The third-order valence-electron chi connectivity index (χ3n) is 5.62. The second-order valence-corrected chi connectivity index (χ2v) is 8.11. The number of Topliss-reactive ketones (excluding diaryl/α,β-unsaturated/α-hetero) is 1. The van der Waals surface area contributed by atoms with Crippen molar-refractivity contribution in [3.05, 3.63) is 0 Å². The Kier molecular flexibility index (Phi) is 16.6. The molecule has 1 atom stereocenters. The highest BCUT2D eigenvalue weighted by molar-refractivity contribution is 6.07. The Labute approximate surface area is 167 Å². The van der Waals surface area contributed by atoms with Crippen molar-refractivity contribution in [1.29, 1.82) is 0 Å². The summed E-state index contributed by atoms with van der Waals surface area (Å²) in [7, 11) is 0. The molecule has 0 aliphatic heterocycles. The lowest BCUT2D eigenvalue weighted by atomic mass is 9.87. The highest BCUT2D eigenvalue weighted by atomic mass is 16.4. The molecule has 0 aromatic heterocycles. The van der Waals surface area contributed by atoms with Gasteiger partial charge in [-0.15, -0.1) is 0 Å². The Bertz CT molecular complexity index is 384. The molecule has 0 rings (SSSR count). The van der Waals surface area contributed by atoms with E-state index in [1.807, 2.05) is 0 Å². The summed E-state index contributed by atoms with van der Waals surface area (Å²) in [4.78, 5) is 23.0. The van der Waals surface area contributed by atoms with E-state index in [2.05, 4.69) is 6.92 Å². The fraction of sp³-hybridized carbons (Fsp3) is 0.913. The van der Waals surface area contributed by atoms with E-state index in [0.717, 1.165) is 12.8 Å². The third-order valence-corrected chi connectivity index (χ3v) is 5.62. The Morgan fingerprint density at radius 3 is 1.30 bits per heavy atom. The van der Waals surface area contributed by atoms with Crippen molar-refractivity contribution in [3.63, 3.8) is 0 Å². The largest absolute Gasteiger partial charge is 0.480 e. The second-order valence-electron chi connectivity index (χ2n) is 8.11. The lowest BCUT2D eigenvalue weighted by Gasteiger charge is -2.22. The monoisotopic (exact) mass is 383 g/mol. The van der Waals surface area contributed by atoms with E-state index in [-0.39, 0.29) is 18.6 Å². The van der Waals surface area contributed by atoms with Gasteiger partial charge in [0.25, 0.3) is 0 Å². The van der Waals surface area contributed by atoms with Crippen LogP contribution in [0.1, 0.15) is 129 Å². The molecular weight excluding hydrogens is 338 g/mol. The van der Waals surface area contributed by atoms with Crippen molar-refractivity contribution in [2.24, 2.45) is 5.73 Å². The highest BCUT2D eigenvalue weighted by Crippen LogP contribution is 2.18. The summed E-state index contributed by atoms with van der Waals surface area (Å²) in [5.74, 6) is -1.55. The van der Waals surface area contributed by atoms with Gasteiger partial charge in [0.15, 0.2) is 11.3 Å². The first-order valence-electron chi connectivity index (χ1n) is 11.5. The molecule has 0 aliphatic rings. The Morgan fingerprint density at radius 1 is 0.667 bits per heavy atom. The van der Waals surface area contributed by atoms with Crippen LogP contribution in [0.4, 0.5) is 0 Å². The Balaban J connectivity index is 3.43. The van der Waals surface area contributed by atoms with Gasteiger partial charge in [-0.3, -0.25) is 4.79 Å². The normalized spacial score (nSPS) is 13.4. The van der Waals surface area contributed by atoms with Crippen LogP contribution in [0.15, 0.2) is 0 Å². The number of carboxylic acid groups (broad SMARTS) is 1. The van der Waals surface area contributed by atoms with Crippen molar-refractivity contribution >= 4 is 11.8 Å². The van der Waals surface area contributed by atoms with Gasteiger partial charge in [0.1, 0.15) is 0 Å². The molecular formula is C23H45NO3. The van der Waals surface area contributed by atoms with Crippen molar-refractivity contribution in [2.75, 3.05) is 0 Å². The first-order valence-corrected chi connectivity index (χ1v) is 11.5. The number of ketones is 1. The van der Waals surface area contributed by atoms with Crippen LogP contribution in [0, 0.1) is 0 Å². The number of hydrogen-bond donors (Lipinski definition) is 2. The summed E-state index contributed by atoms with van der Waals surface area (Å²) in [5, 5.41) is 9.21. The van der Waals surface area contributed by atoms with E-state index in [1.165, 1.54) is 83.5 Å². The molecule has 0 heterocycles. The second kappa shape index (κ2) is 17.2. The molecule has 0 aromatic rings. The summed E-state index contributed by atoms with van der Waals surface area (Å²) >= 11 is 0. The lowest BCUT2D eigenvalue weighted by molar-refractivity contribution is -0.148. The summed E-state index contributed by atoms with van der Waals surface area (Å²) < 4.78 is 0. The number of carbonyl (C=O) groups excluding carboxylic acids is 1. The molecule has 0 bridgehead atoms. The third kappa shape index (κ3) is 13.0. The molecule has 0 fully saturated rings. The van der Waals surface area contributed by atoms with E-state index in [0.29, 0.717) is 6.42 Å². The minimum Gasteiger partial charge on any atom is -0.480 e. The van der Waals surface area contributed by atoms with Gasteiger partial charge < -0.3 is 10.8 Å². The fourth-order valence-corrected chi connectivity index (χ4v) is 3.63. The predicted molar refractivity (Wildman–Crippen MR) is 114 cm³/mol. The summed E-state index contributed by atoms with van der Waals surface area (Å²) in [6.07, 6.45) is 20.8. The molecule has 1 unspecified atom stereocenters. The van der Waals surface area contributed by atoms with Crippen LogP contribution in [0.25, 0.3) is 0 Å². The number of aliphatic carboxylic acids is 1. The molecule has 4 heteroatoms. The summed E-state index contributed by atoms with van der Waals surface area (Å²) in [6.45, 7) is 3.93. The van der Waals surface area contributed by atoms with Crippen molar-refractivity contribution in [3.8, 4) is 0 Å². The van der Waals surface area contributed by atoms with E-state index in [9.17, 15) is 14.7 Å². The molecule has 0 radical (unpaired) electrons. The molecule has 4 nitrogen and oxygen atoms in total. The average Bonchev–Trinajstić information content (AvgIpc) is 2.66. The van der Waals surface area contributed by atoms with Gasteiger partial charge in [0, 0.05) is 6.42 Å². The topological polar surface area (TPSA) is 80.4 Å². The van der Waals surface area contributed by atoms with Gasteiger partial charge in [-0.25, -0.2) is 4.79 Å². The maximum atomic E-state index is 11.8. The van der Waals surface area contributed by atoms with Crippen LogP contribution < -0.4 is 5.73 Å². The van der Waals surface area contributed by atoms with E-state index < -0.39 is 11.5 Å². The zero-order chi connectivity index (χ0) is 20.4. The number of nitrogens with two attached hydrogens (primary N) is 1. The van der Waals surface area contributed by atoms with Crippen molar-refractivity contribution in [1.82, 2.24) is 0 Å².